The average Bonchev–Trinajstić information content (AvgIpc) is 2.97. The van der Waals surface area contributed by atoms with Crippen LogP contribution in [0, 0.1) is 0 Å². The number of nitrogens with zero attached hydrogens (tertiary/aromatic N) is 1. The maximum absolute atomic E-state index is 11.7. The molecule has 7 nitrogen and oxygen atoms in total. The fourth-order valence-electron chi connectivity index (χ4n) is 1.97. The van der Waals surface area contributed by atoms with Crippen molar-refractivity contribution >= 4 is 22.8 Å². The number of hydrogen-bond donors (Lipinski definition) is 4. The summed E-state index contributed by atoms with van der Waals surface area (Å²) in [7, 11) is 0. The first-order valence-corrected chi connectivity index (χ1v) is 6.81. The second-order valence-corrected chi connectivity index (χ2v) is 5.36. The van der Waals surface area contributed by atoms with Crippen molar-refractivity contribution in [3.8, 4) is 0 Å². The van der Waals surface area contributed by atoms with Crippen LogP contribution in [0.25, 0.3) is 11.0 Å². The topological polar surface area (TPSA) is 111 Å². The average molecular weight is 283 g/mol. The molecule has 0 bridgehead atoms. The summed E-state index contributed by atoms with van der Waals surface area (Å²) in [6, 6.07) is 1.66. The smallest absolute Gasteiger partial charge is 0.261 e. The molecule has 2 aromatic heterocycles. The van der Waals surface area contributed by atoms with Gasteiger partial charge >= 0.3 is 0 Å². The van der Waals surface area contributed by atoms with E-state index in [1.807, 2.05) is 0 Å². The third-order valence-electron chi connectivity index (χ3n) is 3.04. The van der Waals surface area contributed by atoms with Gasteiger partial charge in [-0.25, -0.2) is 4.98 Å². The number of nitrogens with one attached hydrogen (secondary N) is 2. The van der Waals surface area contributed by atoms with E-state index in [-0.39, 0.29) is 12.2 Å². The van der Waals surface area contributed by atoms with Gasteiger partial charge in [-0.1, -0.05) is 11.8 Å². The van der Waals surface area contributed by atoms with Gasteiger partial charge in [0, 0.05) is 11.9 Å². The van der Waals surface area contributed by atoms with Crippen LogP contribution >= 0.6 is 11.8 Å². The van der Waals surface area contributed by atoms with Crippen LogP contribution in [0.1, 0.15) is 0 Å². The molecule has 3 rings (SSSR count). The summed E-state index contributed by atoms with van der Waals surface area (Å²) in [6.45, 7) is 0.131. The van der Waals surface area contributed by atoms with E-state index in [1.54, 1.807) is 12.3 Å². The lowest BCUT2D eigenvalue weighted by atomic mass is 10.2. The molecule has 3 atom stereocenters. The van der Waals surface area contributed by atoms with E-state index in [1.165, 1.54) is 11.8 Å². The molecule has 19 heavy (non-hydrogen) atoms. The van der Waals surface area contributed by atoms with Crippen molar-refractivity contribution in [2.45, 2.75) is 23.5 Å². The second-order valence-electron chi connectivity index (χ2n) is 4.35. The highest BCUT2D eigenvalue weighted by molar-refractivity contribution is 7.99. The van der Waals surface area contributed by atoms with Gasteiger partial charge in [0.1, 0.15) is 17.9 Å². The Labute approximate surface area is 112 Å². The van der Waals surface area contributed by atoms with Crippen LogP contribution in [0.2, 0.25) is 0 Å². The molecular formula is C11H13N3O4S. The van der Waals surface area contributed by atoms with Crippen molar-refractivity contribution in [2.24, 2.45) is 0 Å². The minimum Gasteiger partial charge on any atom is -0.388 e. The zero-order chi connectivity index (χ0) is 13.4. The molecule has 1 aliphatic heterocycles. The van der Waals surface area contributed by atoms with Crippen LogP contribution < -0.4 is 5.56 Å². The van der Waals surface area contributed by atoms with Gasteiger partial charge in [-0.3, -0.25) is 4.79 Å². The molecule has 4 N–H and O–H groups in total. The van der Waals surface area contributed by atoms with Crippen LogP contribution in [0.4, 0.5) is 0 Å². The van der Waals surface area contributed by atoms with Crippen LogP contribution in [0.15, 0.2) is 22.2 Å². The van der Waals surface area contributed by atoms with Crippen LogP contribution in [-0.4, -0.2) is 55.8 Å². The van der Waals surface area contributed by atoms with Gasteiger partial charge in [0.05, 0.1) is 18.1 Å². The Kier molecular flexibility index (Phi) is 3.31. The monoisotopic (exact) mass is 283 g/mol. The summed E-state index contributed by atoms with van der Waals surface area (Å²) in [5.41, 5.74) is 0.320. The minimum absolute atomic E-state index is 0.131. The number of ether oxygens (including phenoxy) is 1. The molecule has 2 aromatic rings. The molecule has 0 aromatic carbocycles. The van der Waals surface area contributed by atoms with Gasteiger partial charge in [0.25, 0.3) is 5.56 Å². The fraction of sp³-hybridized carbons (Fsp3) is 0.455. The Morgan fingerprint density at radius 1 is 1.53 bits per heavy atom. The van der Waals surface area contributed by atoms with Crippen molar-refractivity contribution in [2.75, 3.05) is 12.4 Å². The van der Waals surface area contributed by atoms with E-state index in [0.717, 1.165) is 0 Å². The lowest BCUT2D eigenvalue weighted by molar-refractivity contribution is 0.0337. The summed E-state index contributed by atoms with van der Waals surface area (Å²) in [5, 5.41) is 20.0. The third kappa shape index (κ3) is 2.39. The highest BCUT2D eigenvalue weighted by atomic mass is 32.2. The van der Waals surface area contributed by atoms with Crippen LogP contribution in [-0.2, 0) is 4.74 Å². The van der Waals surface area contributed by atoms with E-state index in [0.29, 0.717) is 21.9 Å². The molecule has 0 saturated carbocycles. The van der Waals surface area contributed by atoms with Crippen molar-refractivity contribution in [1.29, 1.82) is 0 Å². The van der Waals surface area contributed by atoms with Gasteiger partial charge in [-0.05, 0) is 6.07 Å². The molecule has 3 heterocycles. The fourth-order valence-corrected chi connectivity index (χ4v) is 2.91. The quantitative estimate of drug-likeness (QED) is 0.445. The summed E-state index contributed by atoms with van der Waals surface area (Å²) < 4.78 is 5.25. The maximum atomic E-state index is 11.7. The number of thioether (sulfide) groups is 1. The van der Waals surface area contributed by atoms with E-state index in [4.69, 9.17) is 4.74 Å². The first-order chi connectivity index (χ1) is 9.15. The van der Waals surface area contributed by atoms with Gasteiger partial charge in [-0.15, -0.1) is 0 Å². The van der Waals surface area contributed by atoms with E-state index in [9.17, 15) is 15.0 Å². The highest BCUT2D eigenvalue weighted by Gasteiger charge is 2.34. The summed E-state index contributed by atoms with van der Waals surface area (Å²) in [6.07, 6.45) is -0.539. The second kappa shape index (κ2) is 4.97. The minimum atomic E-state index is -0.895. The van der Waals surface area contributed by atoms with Gasteiger partial charge in [0.2, 0.25) is 0 Å². The number of aliphatic hydroxyl groups excluding tert-OH is 2. The molecule has 1 fully saturated rings. The molecule has 0 radical (unpaired) electrons. The molecular weight excluding hydrogens is 270 g/mol. The van der Waals surface area contributed by atoms with Crippen molar-refractivity contribution < 1.29 is 14.9 Å². The van der Waals surface area contributed by atoms with Gasteiger partial charge < -0.3 is 24.9 Å². The first kappa shape index (κ1) is 12.7. The molecule has 0 amide bonds. The van der Waals surface area contributed by atoms with Crippen molar-refractivity contribution in [1.82, 2.24) is 15.0 Å². The molecule has 1 aliphatic rings. The highest BCUT2D eigenvalue weighted by Crippen LogP contribution is 2.22. The van der Waals surface area contributed by atoms with E-state index in [2.05, 4.69) is 15.0 Å². The first-order valence-electron chi connectivity index (χ1n) is 5.83. The maximum Gasteiger partial charge on any atom is 0.261 e. The number of hydrogen-bond acceptors (Lipinski definition) is 6. The molecule has 102 valence electrons. The van der Waals surface area contributed by atoms with E-state index >= 15 is 0 Å². The number of aromatic nitrogens is 3. The van der Waals surface area contributed by atoms with Gasteiger partial charge in [-0.2, -0.15) is 0 Å². The predicted octanol–water partition coefficient (Wildman–Crippen LogP) is -0.536. The Balaban J connectivity index is 1.73. The van der Waals surface area contributed by atoms with Gasteiger partial charge in [0.15, 0.2) is 5.16 Å². The summed E-state index contributed by atoms with van der Waals surface area (Å²) in [5.74, 6) is 0.410. The Hall–Kier alpha value is -1.35. The SMILES string of the molecule is O=c1[nH]c(SCC2OCC(O)C2O)nc2[nH]ccc12. The largest absolute Gasteiger partial charge is 0.388 e. The normalized spacial score (nSPS) is 27.2. The zero-order valence-electron chi connectivity index (χ0n) is 9.87. The lowest BCUT2D eigenvalue weighted by Crippen LogP contribution is -2.31. The molecule has 3 unspecified atom stereocenters. The zero-order valence-corrected chi connectivity index (χ0v) is 10.7. The van der Waals surface area contributed by atoms with Crippen molar-refractivity contribution in [3.63, 3.8) is 0 Å². The summed E-state index contributed by atoms with van der Waals surface area (Å²) >= 11 is 1.27. The number of aliphatic hydroxyl groups is 2. The van der Waals surface area contributed by atoms with E-state index < -0.39 is 18.3 Å². The Morgan fingerprint density at radius 3 is 3.11 bits per heavy atom. The number of rotatable bonds is 3. The number of fused-ring (bicyclic) bond motifs is 1. The standard InChI is InChI=1S/C11H13N3O4S/c15-6-3-18-7(8(6)16)4-19-11-13-9-5(1-2-12-9)10(17)14-11/h1-2,6-8,15-16H,3-4H2,(H2,12,13,14,17). The molecule has 1 saturated heterocycles. The summed E-state index contributed by atoms with van der Waals surface area (Å²) in [4.78, 5) is 21.5. The lowest BCUT2D eigenvalue weighted by Gasteiger charge is -2.13. The number of aromatic amines is 2. The Bertz CT molecular complexity index is 640. The predicted molar refractivity (Wildman–Crippen MR) is 69.2 cm³/mol. The van der Waals surface area contributed by atoms with Crippen LogP contribution in [0.3, 0.4) is 0 Å². The van der Waals surface area contributed by atoms with Crippen molar-refractivity contribution in [3.05, 3.63) is 22.6 Å². The molecule has 0 aliphatic carbocycles. The van der Waals surface area contributed by atoms with Crippen LogP contribution in [0.5, 0.6) is 0 Å². The third-order valence-corrected chi connectivity index (χ3v) is 4.01. The molecule has 8 heteroatoms. The molecule has 0 spiro atoms. The number of H-pyrrole nitrogens is 2. The Morgan fingerprint density at radius 2 is 2.37 bits per heavy atom.